The van der Waals surface area contributed by atoms with Gasteiger partial charge in [-0.25, -0.2) is 15.0 Å². The van der Waals surface area contributed by atoms with Crippen LogP contribution in [-0.4, -0.2) is 15.0 Å². The summed E-state index contributed by atoms with van der Waals surface area (Å²) < 4.78 is 0. The Morgan fingerprint density at radius 2 is 0.630 bits per heavy atom. The third-order valence-electron chi connectivity index (χ3n) is 10.3. The van der Waals surface area contributed by atoms with Gasteiger partial charge in [-0.2, -0.15) is 0 Å². The van der Waals surface area contributed by atoms with Crippen molar-refractivity contribution < 1.29 is 0 Å². The molecule has 10 aromatic rings. The van der Waals surface area contributed by atoms with Gasteiger partial charge >= 0.3 is 0 Å². The van der Waals surface area contributed by atoms with Crippen molar-refractivity contribution in [2.45, 2.75) is 0 Å². The van der Waals surface area contributed by atoms with Gasteiger partial charge in [0.05, 0.1) is 0 Å². The van der Waals surface area contributed by atoms with Gasteiger partial charge in [0.15, 0.2) is 17.5 Å². The first-order chi connectivity index (χ1) is 26.8. The van der Waals surface area contributed by atoms with Gasteiger partial charge in [-0.1, -0.05) is 200 Å². The second-order valence-corrected chi connectivity index (χ2v) is 13.5. The Hall–Kier alpha value is -7.23. The molecule has 3 heteroatoms. The summed E-state index contributed by atoms with van der Waals surface area (Å²) in [6.45, 7) is 0. The maximum Gasteiger partial charge on any atom is 0.164 e. The molecule has 0 saturated heterocycles. The highest BCUT2D eigenvalue weighted by Gasteiger charge is 2.19. The predicted molar refractivity (Wildman–Crippen MR) is 225 cm³/mol. The lowest BCUT2D eigenvalue weighted by atomic mass is 9.84. The summed E-state index contributed by atoms with van der Waals surface area (Å²) in [6.07, 6.45) is 0. The first-order valence-electron chi connectivity index (χ1n) is 18.3. The van der Waals surface area contributed by atoms with Crippen molar-refractivity contribution in [1.29, 1.82) is 0 Å². The normalized spacial score (nSPS) is 11.3. The van der Waals surface area contributed by atoms with Crippen LogP contribution in [0.15, 0.2) is 200 Å². The molecule has 0 amide bonds. The summed E-state index contributed by atoms with van der Waals surface area (Å²) >= 11 is 0. The van der Waals surface area contributed by atoms with Gasteiger partial charge in [0, 0.05) is 16.7 Å². The molecule has 0 bridgehead atoms. The molecule has 0 atom stereocenters. The van der Waals surface area contributed by atoms with E-state index in [9.17, 15) is 0 Å². The minimum Gasteiger partial charge on any atom is -0.208 e. The van der Waals surface area contributed by atoms with Crippen LogP contribution in [-0.2, 0) is 0 Å². The smallest absolute Gasteiger partial charge is 0.164 e. The monoisotopic (exact) mass is 687 g/mol. The Balaban J connectivity index is 1.14. The maximum absolute atomic E-state index is 5.14. The van der Waals surface area contributed by atoms with Gasteiger partial charge in [-0.15, -0.1) is 0 Å². The SMILES string of the molecule is c1ccc(-c2nc(-c3ccc(-c4c5ccccc5c(-c5cccc6ccccc56)c5ccccc45)cc3)nc(-c3ccccc3-c3ccccc3)n2)cc1. The number of aromatic nitrogens is 3. The Bertz CT molecular complexity index is 2910. The molecule has 54 heavy (non-hydrogen) atoms. The van der Waals surface area contributed by atoms with Crippen molar-refractivity contribution in [2.75, 3.05) is 0 Å². The average Bonchev–Trinajstić information content (AvgIpc) is 3.26. The number of rotatable bonds is 6. The molecule has 0 fully saturated rings. The van der Waals surface area contributed by atoms with Crippen LogP contribution < -0.4 is 0 Å². The third-order valence-corrected chi connectivity index (χ3v) is 10.3. The zero-order valence-electron chi connectivity index (χ0n) is 29.4. The molecular weight excluding hydrogens is 655 g/mol. The topological polar surface area (TPSA) is 38.7 Å². The van der Waals surface area contributed by atoms with Crippen LogP contribution >= 0.6 is 0 Å². The van der Waals surface area contributed by atoms with Gasteiger partial charge in [-0.3, -0.25) is 0 Å². The van der Waals surface area contributed by atoms with Crippen molar-refractivity contribution >= 4 is 32.3 Å². The highest BCUT2D eigenvalue weighted by atomic mass is 15.0. The molecule has 0 radical (unpaired) electrons. The molecule has 0 N–H and O–H groups in total. The number of benzene rings is 9. The lowest BCUT2D eigenvalue weighted by Gasteiger charge is -2.19. The minimum atomic E-state index is 0.634. The fraction of sp³-hybridized carbons (Fsp3) is 0. The predicted octanol–water partition coefficient (Wildman–Crippen LogP) is 13.3. The third kappa shape index (κ3) is 5.51. The molecule has 0 aliphatic heterocycles. The van der Waals surface area contributed by atoms with E-state index in [2.05, 4.69) is 158 Å². The Morgan fingerprint density at radius 1 is 0.222 bits per heavy atom. The molecular formula is C51H33N3. The van der Waals surface area contributed by atoms with Gasteiger partial charge in [-0.05, 0) is 65.7 Å². The fourth-order valence-corrected chi connectivity index (χ4v) is 7.85. The van der Waals surface area contributed by atoms with E-state index >= 15 is 0 Å². The molecule has 0 unspecified atom stereocenters. The van der Waals surface area contributed by atoms with Crippen molar-refractivity contribution in [1.82, 2.24) is 15.0 Å². The van der Waals surface area contributed by atoms with E-state index < -0.39 is 0 Å². The van der Waals surface area contributed by atoms with Gasteiger partial charge in [0.25, 0.3) is 0 Å². The summed E-state index contributed by atoms with van der Waals surface area (Å²) in [5.41, 5.74) is 9.90. The largest absolute Gasteiger partial charge is 0.208 e. The summed E-state index contributed by atoms with van der Waals surface area (Å²) in [7, 11) is 0. The van der Waals surface area contributed by atoms with E-state index in [1.54, 1.807) is 0 Å². The van der Waals surface area contributed by atoms with Gasteiger partial charge in [0.1, 0.15) is 0 Å². The standard InChI is InChI=1S/C51H33N3/c1-3-16-34(17-4-1)40-23-9-14-28-46(40)51-53-49(37-19-5-2-6-20-37)52-50(54-51)38-32-30-36(31-33-38)47-42-24-10-12-26-44(42)48(45-27-13-11-25-43(45)47)41-29-15-21-35-18-7-8-22-39(35)41/h1-33H. The lowest BCUT2D eigenvalue weighted by molar-refractivity contribution is 1.07. The van der Waals surface area contributed by atoms with E-state index in [1.807, 2.05) is 42.5 Å². The van der Waals surface area contributed by atoms with E-state index in [1.165, 1.54) is 49.0 Å². The maximum atomic E-state index is 5.14. The van der Waals surface area contributed by atoms with E-state index in [-0.39, 0.29) is 0 Å². The minimum absolute atomic E-state index is 0.634. The van der Waals surface area contributed by atoms with Crippen molar-refractivity contribution in [2.24, 2.45) is 0 Å². The van der Waals surface area contributed by atoms with Crippen LogP contribution in [0.3, 0.4) is 0 Å². The second-order valence-electron chi connectivity index (χ2n) is 13.5. The Labute approximate surface area is 313 Å². The fourth-order valence-electron chi connectivity index (χ4n) is 7.85. The lowest BCUT2D eigenvalue weighted by Crippen LogP contribution is -2.01. The molecule has 9 aromatic carbocycles. The first-order valence-corrected chi connectivity index (χ1v) is 18.3. The van der Waals surface area contributed by atoms with Crippen LogP contribution in [0.1, 0.15) is 0 Å². The van der Waals surface area contributed by atoms with Gasteiger partial charge in [0.2, 0.25) is 0 Å². The summed E-state index contributed by atoms with van der Waals surface area (Å²) in [4.78, 5) is 15.2. The molecule has 0 spiro atoms. The second kappa shape index (κ2) is 13.4. The Kier molecular flexibility index (Phi) is 7.81. The molecule has 3 nitrogen and oxygen atoms in total. The number of nitrogens with zero attached hydrogens (tertiary/aromatic N) is 3. The zero-order valence-corrected chi connectivity index (χ0v) is 29.4. The van der Waals surface area contributed by atoms with E-state index in [4.69, 9.17) is 15.0 Å². The molecule has 1 aromatic heterocycles. The van der Waals surface area contributed by atoms with Gasteiger partial charge < -0.3 is 0 Å². The highest BCUT2D eigenvalue weighted by molar-refractivity contribution is 6.23. The van der Waals surface area contributed by atoms with E-state index in [0.29, 0.717) is 17.5 Å². The van der Waals surface area contributed by atoms with Crippen molar-refractivity contribution in [3.8, 4) is 67.5 Å². The Morgan fingerprint density at radius 3 is 1.26 bits per heavy atom. The summed E-state index contributed by atoms with van der Waals surface area (Å²) in [5.74, 6) is 1.92. The van der Waals surface area contributed by atoms with Crippen LogP contribution in [0, 0.1) is 0 Å². The molecule has 1 heterocycles. The molecule has 0 saturated carbocycles. The van der Waals surface area contributed by atoms with Crippen molar-refractivity contribution in [3.63, 3.8) is 0 Å². The first kappa shape index (κ1) is 31.5. The molecule has 0 aliphatic rings. The average molecular weight is 688 g/mol. The quantitative estimate of drug-likeness (QED) is 0.163. The van der Waals surface area contributed by atoms with Crippen molar-refractivity contribution in [3.05, 3.63) is 200 Å². The number of fused-ring (bicyclic) bond motifs is 3. The number of hydrogen-bond donors (Lipinski definition) is 0. The van der Waals surface area contributed by atoms with Crippen LogP contribution in [0.2, 0.25) is 0 Å². The summed E-state index contributed by atoms with van der Waals surface area (Å²) in [6, 6.07) is 70.5. The molecule has 0 aliphatic carbocycles. The molecule has 10 rings (SSSR count). The van der Waals surface area contributed by atoms with Crippen LogP contribution in [0.4, 0.5) is 0 Å². The van der Waals surface area contributed by atoms with Crippen LogP contribution in [0.5, 0.6) is 0 Å². The van der Waals surface area contributed by atoms with E-state index in [0.717, 1.165) is 33.4 Å². The number of hydrogen-bond acceptors (Lipinski definition) is 3. The zero-order chi connectivity index (χ0) is 35.8. The molecule has 252 valence electrons. The van der Waals surface area contributed by atoms with Crippen LogP contribution in [0.25, 0.3) is 99.9 Å². The highest BCUT2D eigenvalue weighted by Crippen LogP contribution is 2.45. The summed E-state index contributed by atoms with van der Waals surface area (Å²) in [5, 5.41) is 7.40.